The Labute approximate surface area is 223 Å². The molecule has 0 saturated carbocycles. The molecule has 2 heterocycles. The van der Waals surface area contributed by atoms with Gasteiger partial charge in [-0.15, -0.1) is 13.2 Å². The molecule has 0 unspecified atom stereocenters. The third-order valence-electron chi connectivity index (χ3n) is 5.36. The van der Waals surface area contributed by atoms with Crippen molar-refractivity contribution in [1.82, 2.24) is 19.9 Å². The number of benzene rings is 2. The first-order valence-electron chi connectivity index (χ1n) is 11.9. The molecule has 6 heteroatoms. The van der Waals surface area contributed by atoms with E-state index in [0.29, 0.717) is 11.8 Å². The molecule has 0 saturated heterocycles. The van der Waals surface area contributed by atoms with E-state index in [4.69, 9.17) is 0 Å². The number of hydrogen-bond acceptors (Lipinski definition) is 6. The lowest BCUT2D eigenvalue weighted by Gasteiger charge is -2.14. The van der Waals surface area contributed by atoms with E-state index in [9.17, 15) is 0 Å². The maximum Gasteiger partial charge on any atom is 0.187 e. The summed E-state index contributed by atoms with van der Waals surface area (Å²) >= 11 is 3.39. The lowest BCUT2D eigenvalue weighted by Crippen LogP contribution is -2.01. The van der Waals surface area contributed by atoms with Crippen LogP contribution in [0.25, 0.3) is 0 Å². The SMILES string of the molecule is C=CC[C@@H](CSc1ncccn1)c1ccccc1.C=CC[C@H](CSc1ncccn1)c1ccccc1. The van der Waals surface area contributed by atoms with E-state index < -0.39 is 0 Å². The molecule has 4 aromatic rings. The van der Waals surface area contributed by atoms with Crippen LogP contribution in [-0.4, -0.2) is 31.4 Å². The van der Waals surface area contributed by atoms with Crippen molar-refractivity contribution >= 4 is 23.5 Å². The minimum Gasteiger partial charge on any atom is -0.231 e. The van der Waals surface area contributed by atoms with Crippen molar-refractivity contribution in [2.75, 3.05) is 11.5 Å². The van der Waals surface area contributed by atoms with Gasteiger partial charge in [0.25, 0.3) is 0 Å². The molecule has 0 amide bonds. The van der Waals surface area contributed by atoms with Crippen LogP contribution in [0.5, 0.6) is 0 Å². The first-order chi connectivity index (χ1) is 17.8. The van der Waals surface area contributed by atoms with Crippen LogP contribution >= 0.6 is 23.5 Å². The summed E-state index contributed by atoms with van der Waals surface area (Å²) in [6.07, 6.45) is 13.0. The van der Waals surface area contributed by atoms with Crippen molar-refractivity contribution in [1.29, 1.82) is 0 Å². The van der Waals surface area contributed by atoms with Gasteiger partial charge in [0.2, 0.25) is 0 Å². The maximum atomic E-state index is 4.23. The summed E-state index contributed by atoms with van der Waals surface area (Å²) in [4.78, 5) is 16.9. The van der Waals surface area contributed by atoms with Gasteiger partial charge in [-0.25, -0.2) is 19.9 Å². The van der Waals surface area contributed by atoms with Gasteiger partial charge >= 0.3 is 0 Å². The first-order valence-corrected chi connectivity index (χ1v) is 13.9. The summed E-state index contributed by atoms with van der Waals surface area (Å²) in [5.74, 6) is 2.88. The highest BCUT2D eigenvalue weighted by atomic mass is 32.2. The molecule has 0 radical (unpaired) electrons. The van der Waals surface area contributed by atoms with Gasteiger partial charge in [-0.05, 0) is 47.9 Å². The Morgan fingerprint density at radius 1 is 0.556 bits per heavy atom. The molecule has 0 aliphatic carbocycles. The van der Waals surface area contributed by atoms with E-state index in [1.54, 1.807) is 48.3 Å². The predicted octanol–water partition coefficient (Wildman–Crippen LogP) is 7.86. The van der Waals surface area contributed by atoms with E-state index in [2.05, 4.69) is 81.6 Å². The van der Waals surface area contributed by atoms with Crippen LogP contribution in [0.4, 0.5) is 0 Å². The smallest absolute Gasteiger partial charge is 0.187 e. The van der Waals surface area contributed by atoms with Crippen LogP contribution in [0.1, 0.15) is 35.8 Å². The normalized spacial score (nSPS) is 12.0. The molecule has 0 fully saturated rings. The monoisotopic (exact) mass is 512 g/mol. The summed E-state index contributed by atoms with van der Waals surface area (Å²) in [6, 6.07) is 24.7. The van der Waals surface area contributed by atoms with E-state index in [0.717, 1.165) is 34.7 Å². The first kappa shape index (κ1) is 27.4. The fourth-order valence-corrected chi connectivity index (χ4v) is 5.42. The fourth-order valence-electron chi connectivity index (χ4n) is 3.52. The molecule has 4 nitrogen and oxygen atoms in total. The maximum absolute atomic E-state index is 4.23. The van der Waals surface area contributed by atoms with Crippen LogP contribution in [0.2, 0.25) is 0 Å². The van der Waals surface area contributed by atoms with Gasteiger partial charge < -0.3 is 0 Å². The molecule has 2 aromatic heterocycles. The van der Waals surface area contributed by atoms with Crippen molar-refractivity contribution < 1.29 is 0 Å². The van der Waals surface area contributed by atoms with Gasteiger partial charge in [-0.1, -0.05) is 96.3 Å². The summed E-state index contributed by atoms with van der Waals surface area (Å²) in [5.41, 5.74) is 2.70. The number of aromatic nitrogens is 4. The Bertz CT molecular complexity index is 1030. The second kappa shape index (κ2) is 16.5. The quantitative estimate of drug-likeness (QED) is 0.109. The van der Waals surface area contributed by atoms with E-state index in [1.807, 2.05) is 36.4 Å². The molecule has 0 N–H and O–H groups in total. The second-order valence-electron chi connectivity index (χ2n) is 7.95. The van der Waals surface area contributed by atoms with Crippen LogP contribution in [-0.2, 0) is 0 Å². The summed E-state index contributed by atoms with van der Waals surface area (Å²) in [7, 11) is 0. The number of rotatable bonds is 12. The van der Waals surface area contributed by atoms with Gasteiger partial charge in [0.15, 0.2) is 10.3 Å². The van der Waals surface area contributed by atoms with Gasteiger partial charge in [0.1, 0.15) is 0 Å². The Kier molecular flexibility index (Phi) is 12.5. The minimum absolute atomic E-state index is 0.470. The average Bonchev–Trinajstić information content (AvgIpc) is 2.96. The third kappa shape index (κ3) is 9.80. The molecular formula is C30H32N4S2. The van der Waals surface area contributed by atoms with Gasteiger partial charge in [-0.2, -0.15) is 0 Å². The van der Waals surface area contributed by atoms with Crippen LogP contribution in [0.15, 0.2) is 133 Å². The van der Waals surface area contributed by atoms with Crippen molar-refractivity contribution in [2.45, 2.75) is 35.0 Å². The summed E-state index contributed by atoms with van der Waals surface area (Å²) in [5, 5.41) is 1.67. The molecular weight excluding hydrogens is 480 g/mol. The summed E-state index contributed by atoms with van der Waals surface area (Å²) in [6.45, 7) is 7.68. The highest BCUT2D eigenvalue weighted by Crippen LogP contribution is 2.28. The van der Waals surface area contributed by atoms with Crippen LogP contribution in [0.3, 0.4) is 0 Å². The second-order valence-corrected chi connectivity index (χ2v) is 9.92. The number of allylic oxidation sites excluding steroid dienone is 2. The zero-order valence-corrected chi connectivity index (χ0v) is 22.0. The zero-order chi connectivity index (χ0) is 25.3. The lowest BCUT2D eigenvalue weighted by molar-refractivity contribution is 0.790. The fraction of sp³-hybridized carbons (Fsp3) is 0.200. The van der Waals surface area contributed by atoms with Crippen molar-refractivity contribution in [2.24, 2.45) is 0 Å². The Hall–Kier alpha value is -3.22. The number of thioether (sulfide) groups is 2. The van der Waals surface area contributed by atoms with Crippen molar-refractivity contribution in [3.63, 3.8) is 0 Å². The minimum atomic E-state index is 0.470. The Balaban J connectivity index is 0.000000201. The number of hydrogen-bond donors (Lipinski definition) is 0. The van der Waals surface area contributed by atoms with E-state index >= 15 is 0 Å². The molecule has 2 atom stereocenters. The van der Waals surface area contributed by atoms with E-state index in [-0.39, 0.29) is 0 Å². The molecule has 4 rings (SSSR count). The predicted molar refractivity (Wildman–Crippen MR) is 154 cm³/mol. The topological polar surface area (TPSA) is 51.6 Å². The molecule has 184 valence electrons. The lowest BCUT2D eigenvalue weighted by atomic mass is 9.98. The highest BCUT2D eigenvalue weighted by Gasteiger charge is 2.12. The van der Waals surface area contributed by atoms with Crippen molar-refractivity contribution in [3.05, 3.63) is 134 Å². The standard InChI is InChI=1S/2C15H16N2S/c2*1-2-7-14(13-8-4-3-5-9-13)12-18-15-16-10-6-11-17-15/h2*2-6,8-11,14H,1,7,12H2/t2*14-/m10/s1. The molecule has 0 spiro atoms. The van der Waals surface area contributed by atoms with Gasteiger partial charge in [-0.3, -0.25) is 0 Å². The largest absolute Gasteiger partial charge is 0.231 e. The number of nitrogens with zero attached hydrogens (tertiary/aromatic N) is 4. The molecule has 0 bridgehead atoms. The van der Waals surface area contributed by atoms with Gasteiger partial charge in [0.05, 0.1) is 0 Å². The van der Waals surface area contributed by atoms with Gasteiger partial charge in [0, 0.05) is 36.3 Å². The average molecular weight is 513 g/mol. The third-order valence-corrected chi connectivity index (χ3v) is 7.43. The van der Waals surface area contributed by atoms with Crippen LogP contribution < -0.4 is 0 Å². The molecule has 36 heavy (non-hydrogen) atoms. The zero-order valence-electron chi connectivity index (χ0n) is 20.4. The van der Waals surface area contributed by atoms with E-state index in [1.165, 1.54) is 11.1 Å². The molecule has 0 aliphatic heterocycles. The van der Waals surface area contributed by atoms with Crippen molar-refractivity contribution in [3.8, 4) is 0 Å². The molecule has 2 aromatic carbocycles. The molecule has 0 aliphatic rings. The summed E-state index contributed by atoms with van der Waals surface area (Å²) < 4.78 is 0. The Morgan fingerprint density at radius 3 is 1.25 bits per heavy atom. The Morgan fingerprint density at radius 2 is 0.917 bits per heavy atom. The highest BCUT2D eigenvalue weighted by molar-refractivity contribution is 7.99. The van der Waals surface area contributed by atoms with Crippen LogP contribution in [0, 0.1) is 0 Å².